The Morgan fingerprint density at radius 3 is 2.38 bits per heavy atom. The predicted octanol–water partition coefficient (Wildman–Crippen LogP) is 7.99. The van der Waals surface area contributed by atoms with Crippen LogP contribution in [-0.4, -0.2) is 30.8 Å². The Morgan fingerprint density at radius 1 is 1.05 bits per heavy atom. The van der Waals surface area contributed by atoms with E-state index < -0.39 is 23.7 Å². The highest BCUT2D eigenvalue weighted by Crippen LogP contribution is 2.50. The Hall–Kier alpha value is -2.87. The van der Waals surface area contributed by atoms with Gasteiger partial charge in [-0.3, -0.25) is 0 Å². The van der Waals surface area contributed by atoms with E-state index in [1.807, 2.05) is 48.5 Å². The monoisotopic (exact) mass is 586 g/mol. The lowest BCUT2D eigenvalue weighted by Crippen LogP contribution is -2.45. The number of ether oxygens (including phenoxy) is 2. The number of rotatable bonds is 7. The number of carbonyl (C=O) groups excluding carboxylic acids is 2. The Kier molecular flexibility index (Phi) is 9.36. The Balaban J connectivity index is 1.64. The zero-order valence-electron chi connectivity index (χ0n) is 22.3. The van der Waals surface area contributed by atoms with E-state index in [0.29, 0.717) is 10.0 Å². The molecular weight excluding hydrogens is 555 g/mol. The molecule has 1 heterocycles. The quantitative estimate of drug-likeness (QED) is 0.273. The molecule has 0 fully saturated rings. The van der Waals surface area contributed by atoms with Gasteiger partial charge in [-0.05, 0) is 68.7 Å². The van der Waals surface area contributed by atoms with Gasteiger partial charge in [-0.25, -0.2) is 9.59 Å². The molecule has 0 radical (unpaired) electrons. The van der Waals surface area contributed by atoms with Crippen LogP contribution in [0.4, 0.5) is 10.5 Å². The SMILES string of the molecule is COC(=O)[C@H](Cc1ccc2c(c1)[C@@H](Sc1ccccc1)C[C@H](c1c(Cl)cccc1Cl)N2)NC(=O)OC(C)(C)C. The van der Waals surface area contributed by atoms with Crippen LogP contribution >= 0.6 is 35.0 Å². The summed E-state index contributed by atoms with van der Waals surface area (Å²) in [6.45, 7) is 5.30. The number of anilines is 1. The highest BCUT2D eigenvalue weighted by molar-refractivity contribution is 7.99. The minimum Gasteiger partial charge on any atom is -0.467 e. The average Bonchev–Trinajstić information content (AvgIpc) is 2.87. The molecule has 3 atom stereocenters. The number of fused-ring (bicyclic) bond motifs is 1. The van der Waals surface area contributed by atoms with Crippen molar-refractivity contribution in [2.45, 2.75) is 61.4 Å². The number of methoxy groups -OCH3 is 1. The molecule has 0 saturated heterocycles. The first-order valence-corrected chi connectivity index (χ1v) is 14.3. The number of esters is 1. The van der Waals surface area contributed by atoms with E-state index in [1.54, 1.807) is 32.5 Å². The third-order valence-corrected chi connectivity index (χ3v) is 8.16. The molecule has 0 spiro atoms. The summed E-state index contributed by atoms with van der Waals surface area (Å²) in [5, 5.41) is 7.60. The van der Waals surface area contributed by atoms with Crippen molar-refractivity contribution in [2.24, 2.45) is 0 Å². The van der Waals surface area contributed by atoms with E-state index in [-0.39, 0.29) is 17.7 Å². The molecule has 4 rings (SSSR count). The standard InChI is InChI=1S/C30H32Cl2N2O4S/c1-30(2,3)38-29(36)34-25(28(35)37-4)16-18-13-14-23-20(15-18)26(39-19-9-6-5-7-10-19)17-24(33-23)27-21(31)11-8-12-22(27)32/h5-15,24-26,33H,16-17H2,1-4H3,(H,34,36)/t24-,25+,26+/m1/s1. The van der Waals surface area contributed by atoms with Crippen molar-refractivity contribution < 1.29 is 19.1 Å². The topological polar surface area (TPSA) is 76.7 Å². The predicted molar refractivity (Wildman–Crippen MR) is 158 cm³/mol. The molecular formula is C30H32Cl2N2O4S. The number of nitrogens with one attached hydrogen (secondary N) is 2. The normalized spacial score (nSPS) is 17.4. The zero-order valence-corrected chi connectivity index (χ0v) is 24.6. The van der Waals surface area contributed by atoms with E-state index in [4.69, 9.17) is 32.7 Å². The summed E-state index contributed by atoms with van der Waals surface area (Å²) in [7, 11) is 1.30. The van der Waals surface area contributed by atoms with Crippen molar-refractivity contribution in [3.8, 4) is 0 Å². The second-order valence-electron chi connectivity index (χ2n) is 10.3. The average molecular weight is 588 g/mol. The Morgan fingerprint density at radius 2 is 1.74 bits per heavy atom. The summed E-state index contributed by atoms with van der Waals surface area (Å²) in [5.74, 6) is -0.541. The highest BCUT2D eigenvalue weighted by atomic mass is 35.5. The van der Waals surface area contributed by atoms with Crippen LogP contribution in [0.25, 0.3) is 0 Å². The molecule has 1 aliphatic rings. The number of hydrogen-bond acceptors (Lipinski definition) is 6. The van der Waals surface area contributed by atoms with Gasteiger partial charge in [-0.1, -0.05) is 59.6 Å². The second kappa shape index (κ2) is 12.5. The van der Waals surface area contributed by atoms with Crippen molar-refractivity contribution in [2.75, 3.05) is 12.4 Å². The number of carbonyl (C=O) groups is 2. The molecule has 0 aliphatic carbocycles. The fraction of sp³-hybridized carbons (Fsp3) is 0.333. The molecule has 1 aliphatic heterocycles. The number of hydrogen-bond donors (Lipinski definition) is 2. The van der Waals surface area contributed by atoms with Gasteiger partial charge in [0.25, 0.3) is 0 Å². The number of alkyl carbamates (subject to hydrolysis) is 1. The van der Waals surface area contributed by atoms with Gasteiger partial charge in [-0.2, -0.15) is 0 Å². The number of amides is 1. The largest absolute Gasteiger partial charge is 0.467 e. The summed E-state index contributed by atoms with van der Waals surface area (Å²) in [6, 6.07) is 20.8. The van der Waals surface area contributed by atoms with Gasteiger partial charge < -0.3 is 20.1 Å². The number of thioether (sulfide) groups is 1. The number of halogens is 2. The molecule has 3 aromatic rings. The summed E-state index contributed by atoms with van der Waals surface area (Å²) in [6.07, 6.45) is 0.326. The van der Waals surface area contributed by atoms with Crippen LogP contribution in [-0.2, 0) is 20.7 Å². The minimum absolute atomic E-state index is 0.0799. The van der Waals surface area contributed by atoms with Crippen LogP contribution in [0.2, 0.25) is 10.0 Å². The fourth-order valence-corrected chi connectivity index (χ4v) is 6.47. The molecule has 0 saturated carbocycles. The van der Waals surface area contributed by atoms with Gasteiger partial charge >= 0.3 is 12.1 Å². The van der Waals surface area contributed by atoms with Gasteiger partial charge in [-0.15, -0.1) is 11.8 Å². The van der Waals surface area contributed by atoms with Crippen LogP contribution in [0.3, 0.4) is 0 Å². The lowest BCUT2D eigenvalue weighted by molar-refractivity contribution is -0.143. The number of benzene rings is 3. The first-order chi connectivity index (χ1) is 18.5. The van der Waals surface area contributed by atoms with Crippen molar-refractivity contribution in [1.82, 2.24) is 5.32 Å². The minimum atomic E-state index is -0.894. The van der Waals surface area contributed by atoms with E-state index in [0.717, 1.165) is 33.7 Å². The Bertz CT molecular complexity index is 1310. The van der Waals surface area contributed by atoms with Crippen molar-refractivity contribution >= 4 is 52.7 Å². The van der Waals surface area contributed by atoms with E-state index in [1.165, 1.54) is 7.11 Å². The highest BCUT2D eigenvalue weighted by Gasteiger charge is 2.32. The van der Waals surface area contributed by atoms with Crippen LogP contribution in [0, 0.1) is 0 Å². The molecule has 1 amide bonds. The molecule has 206 valence electrons. The molecule has 6 nitrogen and oxygen atoms in total. The first kappa shape index (κ1) is 29.1. The van der Waals surface area contributed by atoms with Crippen LogP contribution in [0.1, 0.15) is 55.2 Å². The van der Waals surface area contributed by atoms with Crippen molar-refractivity contribution in [3.63, 3.8) is 0 Å². The van der Waals surface area contributed by atoms with E-state index in [2.05, 4.69) is 28.8 Å². The van der Waals surface area contributed by atoms with E-state index in [9.17, 15) is 9.59 Å². The smallest absolute Gasteiger partial charge is 0.408 e. The zero-order chi connectivity index (χ0) is 28.2. The molecule has 3 aromatic carbocycles. The maximum atomic E-state index is 12.5. The van der Waals surface area contributed by atoms with Gasteiger partial charge in [0, 0.05) is 37.9 Å². The van der Waals surface area contributed by atoms with Crippen LogP contribution in [0.15, 0.2) is 71.6 Å². The van der Waals surface area contributed by atoms with Crippen molar-refractivity contribution in [1.29, 1.82) is 0 Å². The van der Waals surface area contributed by atoms with Crippen LogP contribution < -0.4 is 10.6 Å². The summed E-state index contributed by atoms with van der Waals surface area (Å²) in [5.41, 5.74) is 3.14. The molecule has 2 N–H and O–H groups in total. The van der Waals surface area contributed by atoms with Gasteiger partial charge in [0.15, 0.2) is 0 Å². The van der Waals surface area contributed by atoms with Gasteiger partial charge in [0.05, 0.1) is 13.2 Å². The van der Waals surface area contributed by atoms with Crippen LogP contribution in [0.5, 0.6) is 0 Å². The second-order valence-corrected chi connectivity index (χ2v) is 12.4. The van der Waals surface area contributed by atoms with Crippen molar-refractivity contribution in [3.05, 3.63) is 93.5 Å². The fourth-order valence-electron chi connectivity index (χ4n) is 4.55. The third kappa shape index (κ3) is 7.62. The lowest BCUT2D eigenvalue weighted by atomic mass is 9.91. The maximum Gasteiger partial charge on any atom is 0.408 e. The van der Waals surface area contributed by atoms with Gasteiger partial charge in [0.1, 0.15) is 11.6 Å². The Labute approximate surface area is 243 Å². The summed E-state index contributed by atoms with van der Waals surface area (Å²) in [4.78, 5) is 26.1. The summed E-state index contributed by atoms with van der Waals surface area (Å²) >= 11 is 14.9. The summed E-state index contributed by atoms with van der Waals surface area (Å²) < 4.78 is 10.3. The first-order valence-electron chi connectivity index (χ1n) is 12.7. The molecule has 0 aromatic heterocycles. The molecule has 9 heteroatoms. The third-order valence-electron chi connectivity index (χ3n) is 6.23. The van der Waals surface area contributed by atoms with Gasteiger partial charge in [0.2, 0.25) is 0 Å². The molecule has 0 bridgehead atoms. The molecule has 39 heavy (non-hydrogen) atoms. The lowest BCUT2D eigenvalue weighted by Gasteiger charge is -2.34. The van der Waals surface area contributed by atoms with E-state index >= 15 is 0 Å². The maximum absolute atomic E-state index is 12.5. The molecule has 0 unspecified atom stereocenters.